The van der Waals surface area contributed by atoms with E-state index in [1.54, 1.807) is 0 Å². The molecular formula is C14H28N2O. The zero-order valence-electron chi connectivity index (χ0n) is 11.6. The highest BCUT2D eigenvalue weighted by Crippen LogP contribution is 2.16. The van der Waals surface area contributed by atoms with Gasteiger partial charge in [0.05, 0.1) is 0 Å². The Morgan fingerprint density at radius 2 is 2.00 bits per heavy atom. The van der Waals surface area contributed by atoms with Gasteiger partial charge in [0.2, 0.25) is 5.91 Å². The first-order valence-corrected chi connectivity index (χ1v) is 7.20. The van der Waals surface area contributed by atoms with Gasteiger partial charge in [-0.15, -0.1) is 0 Å². The lowest BCUT2D eigenvalue weighted by molar-refractivity contribution is -0.126. The fourth-order valence-corrected chi connectivity index (χ4v) is 2.59. The van der Waals surface area contributed by atoms with E-state index in [-0.39, 0.29) is 11.8 Å². The summed E-state index contributed by atoms with van der Waals surface area (Å²) in [7, 11) is 0. The molecule has 1 heterocycles. The van der Waals surface area contributed by atoms with Crippen molar-refractivity contribution in [2.75, 3.05) is 13.1 Å². The molecule has 1 rings (SSSR count). The molecule has 0 aromatic carbocycles. The van der Waals surface area contributed by atoms with E-state index >= 15 is 0 Å². The minimum atomic E-state index is 0.221. The number of hydrogen-bond acceptors (Lipinski definition) is 2. The summed E-state index contributed by atoms with van der Waals surface area (Å²) in [5, 5.41) is 6.60. The van der Waals surface area contributed by atoms with Gasteiger partial charge in [-0.3, -0.25) is 4.79 Å². The van der Waals surface area contributed by atoms with Crippen molar-refractivity contribution in [2.24, 2.45) is 11.8 Å². The van der Waals surface area contributed by atoms with Crippen LogP contribution in [-0.2, 0) is 4.79 Å². The lowest BCUT2D eigenvalue weighted by Gasteiger charge is -2.31. The molecule has 0 aromatic heterocycles. The molecular weight excluding hydrogens is 212 g/mol. The first kappa shape index (κ1) is 14.5. The number of carbonyl (C=O) groups is 1. The second kappa shape index (κ2) is 7.70. The average molecular weight is 240 g/mol. The first-order chi connectivity index (χ1) is 8.19. The molecule has 1 aliphatic rings. The lowest BCUT2D eigenvalue weighted by atomic mass is 9.92. The summed E-state index contributed by atoms with van der Waals surface area (Å²) in [5.41, 5.74) is 0. The maximum absolute atomic E-state index is 12.2. The van der Waals surface area contributed by atoms with Crippen LogP contribution in [0.5, 0.6) is 0 Å². The van der Waals surface area contributed by atoms with E-state index in [0.717, 1.165) is 45.2 Å². The predicted octanol–water partition coefficient (Wildman–Crippen LogP) is 2.32. The van der Waals surface area contributed by atoms with Crippen LogP contribution in [0.2, 0.25) is 0 Å². The van der Waals surface area contributed by atoms with Gasteiger partial charge in [0, 0.05) is 18.5 Å². The fraction of sp³-hybridized carbons (Fsp3) is 0.929. The Morgan fingerprint density at radius 1 is 1.35 bits per heavy atom. The molecule has 1 saturated heterocycles. The molecule has 1 aliphatic heterocycles. The summed E-state index contributed by atoms with van der Waals surface area (Å²) in [5.74, 6) is 1.09. The van der Waals surface area contributed by atoms with E-state index in [1.807, 2.05) is 0 Å². The highest BCUT2D eigenvalue weighted by Gasteiger charge is 2.25. The molecule has 0 aromatic rings. The Bertz CT molecular complexity index is 224. The van der Waals surface area contributed by atoms with Crippen LogP contribution in [0.4, 0.5) is 0 Å². The number of piperidine rings is 1. The molecule has 3 heteroatoms. The van der Waals surface area contributed by atoms with E-state index in [2.05, 4.69) is 31.4 Å². The van der Waals surface area contributed by atoms with Crippen molar-refractivity contribution in [1.82, 2.24) is 10.6 Å². The average Bonchev–Trinajstić information content (AvgIpc) is 2.32. The summed E-state index contributed by atoms with van der Waals surface area (Å²) in [4.78, 5) is 12.2. The molecule has 2 unspecified atom stereocenters. The van der Waals surface area contributed by atoms with Crippen LogP contribution >= 0.6 is 0 Å². The third kappa shape index (κ3) is 4.66. The molecule has 1 fully saturated rings. The standard InChI is InChI=1S/C14H28N2O/c1-4-6-12(7-5-2)14(17)16-13-10-15-9-8-11(13)3/h11-13,15H,4-10H2,1-3H3,(H,16,17). The van der Waals surface area contributed by atoms with Crippen molar-refractivity contribution in [2.45, 2.75) is 58.9 Å². The van der Waals surface area contributed by atoms with Crippen molar-refractivity contribution in [3.05, 3.63) is 0 Å². The van der Waals surface area contributed by atoms with Crippen molar-refractivity contribution in [3.8, 4) is 0 Å². The van der Waals surface area contributed by atoms with E-state index < -0.39 is 0 Å². The molecule has 1 amide bonds. The topological polar surface area (TPSA) is 41.1 Å². The van der Waals surface area contributed by atoms with Gasteiger partial charge in [0.1, 0.15) is 0 Å². The van der Waals surface area contributed by atoms with E-state index in [4.69, 9.17) is 0 Å². The third-order valence-corrected chi connectivity index (χ3v) is 3.80. The van der Waals surface area contributed by atoms with Gasteiger partial charge in [-0.1, -0.05) is 33.6 Å². The van der Waals surface area contributed by atoms with E-state index in [0.29, 0.717) is 12.0 Å². The molecule has 0 bridgehead atoms. The fourth-order valence-electron chi connectivity index (χ4n) is 2.59. The van der Waals surface area contributed by atoms with Gasteiger partial charge >= 0.3 is 0 Å². The minimum Gasteiger partial charge on any atom is -0.352 e. The SMILES string of the molecule is CCCC(CCC)C(=O)NC1CNCCC1C. The first-order valence-electron chi connectivity index (χ1n) is 7.20. The van der Waals surface area contributed by atoms with Crippen molar-refractivity contribution in [1.29, 1.82) is 0 Å². The second-order valence-corrected chi connectivity index (χ2v) is 5.36. The van der Waals surface area contributed by atoms with Gasteiger partial charge < -0.3 is 10.6 Å². The van der Waals surface area contributed by atoms with Gasteiger partial charge in [-0.05, 0) is 31.7 Å². The van der Waals surface area contributed by atoms with Crippen LogP contribution in [0.15, 0.2) is 0 Å². The quantitative estimate of drug-likeness (QED) is 0.748. The van der Waals surface area contributed by atoms with E-state index in [9.17, 15) is 4.79 Å². The Balaban J connectivity index is 2.44. The Morgan fingerprint density at radius 3 is 2.53 bits per heavy atom. The summed E-state index contributed by atoms with van der Waals surface area (Å²) in [6.45, 7) is 8.56. The Hall–Kier alpha value is -0.570. The molecule has 0 aliphatic carbocycles. The highest BCUT2D eigenvalue weighted by molar-refractivity contribution is 5.79. The van der Waals surface area contributed by atoms with Crippen LogP contribution < -0.4 is 10.6 Å². The predicted molar refractivity (Wildman–Crippen MR) is 71.9 cm³/mol. The van der Waals surface area contributed by atoms with Crippen LogP contribution in [0.25, 0.3) is 0 Å². The molecule has 3 nitrogen and oxygen atoms in total. The smallest absolute Gasteiger partial charge is 0.223 e. The largest absolute Gasteiger partial charge is 0.352 e. The molecule has 0 radical (unpaired) electrons. The monoisotopic (exact) mass is 240 g/mol. The molecule has 0 spiro atoms. The zero-order chi connectivity index (χ0) is 12.7. The van der Waals surface area contributed by atoms with Gasteiger partial charge in [-0.2, -0.15) is 0 Å². The zero-order valence-corrected chi connectivity index (χ0v) is 11.6. The maximum Gasteiger partial charge on any atom is 0.223 e. The summed E-state index contributed by atoms with van der Waals surface area (Å²) >= 11 is 0. The molecule has 100 valence electrons. The minimum absolute atomic E-state index is 0.221. The van der Waals surface area contributed by atoms with Gasteiger partial charge in [0.25, 0.3) is 0 Å². The van der Waals surface area contributed by atoms with Gasteiger partial charge in [-0.25, -0.2) is 0 Å². The summed E-state index contributed by atoms with van der Waals surface area (Å²) in [6.07, 6.45) is 5.40. The highest BCUT2D eigenvalue weighted by atomic mass is 16.1. The summed E-state index contributed by atoms with van der Waals surface area (Å²) in [6, 6.07) is 0.326. The number of rotatable bonds is 6. The number of hydrogen-bond donors (Lipinski definition) is 2. The van der Waals surface area contributed by atoms with Crippen molar-refractivity contribution >= 4 is 5.91 Å². The Kier molecular flexibility index (Phi) is 6.56. The van der Waals surface area contributed by atoms with Crippen LogP contribution in [0.1, 0.15) is 52.9 Å². The number of carbonyl (C=O) groups excluding carboxylic acids is 1. The lowest BCUT2D eigenvalue weighted by Crippen LogP contribution is -2.51. The number of amides is 1. The summed E-state index contributed by atoms with van der Waals surface area (Å²) < 4.78 is 0. The Labute approximate surface area is 106 Å². The molecule has 17 heavy (non-hydrogen) atoms. The van der Waals surface area contributed by atoms with Crippen LogP contribution in [-0.4, -0.2) is 25.0 Å². The second-order valence-electron chi connectivity index (χ2n) is 5.36. The van der Waals surface area contributed by atoms with Gasteiger partial charge in [0.15, 0.2) is 0 Å². The van der Waals surface area contributed by atoms with Crippen LogP contribution in [0.3, 0.4) is 0 Å². The van der Waals surface area contributed by atoms with Crippen LogP contribution in [0, 0.1) is 11.8 Å². The van der Waals surface area contributed by atoms with Crippen molar-refractivity contribution < 1.29 is 4.79 Å². The van der Waals surface area contributed by atoms with E-state index in [1.165, 1.54) is 0 Å². The molecule has 2 N–H and O–H groups in total. The maximum atomic E-state index is 12.2. The third-order valence-electron chi connectivity index (χ3n) is 3.80. The van der Waals surface area contributed by atoms with Crippen molar-refractivity contribution in [3.63, 3.8) is 0 Å². The normalized spacial score (nSPS) is 24.9. The molecule has 0 saturated carbocycles. The number of nitrogens with one attached hydrogen (secondary N) is 2. The molecule has 2 atom stereocenters.